The predicted molar refractivity (Wildman–Crippen MR) is 122 cm³/mol. The van der Waals surface area contributed by atoms with Crippen LogP contribution in [0.15, 0.2) is 72.1 Å². The highest BCUT2D eigenvalue weighted by atomic mass is 35.5. The van der Waals surface area contributed by atoms with Crippen LogP contribution in [0.1, 0.15) is 26.7 Å². The summed E-state index contributed by atoms with van der Waals surface area (Å²) in [6.45, 7) is 0. The van der Waals surface area contributed by atoms with Crippen LogP contribution in [0.25, 0.3) is 6.08 Å². The lowest BCUT2D eigenvalue weighted by Crippen LogP contribution is -2.44. The molecule has 5 rings (SSSR count). The maximum atomic E-state index is 13.8. The van der Waals surface area contributed by atoms with Crippen molar-refractivity contribution in [2.24, 2.45) is 5.41 Å². The molecule has 3 heterocycles. The number of ketones is 1. The zero-order valence-corrected chi connectivity index (χ0v) is 17.8. The van der Waals surface area contributed by atoms with E-state index in [1.54, 1.807) is 18.2 Å². The number of rotatable bonds is 3. The highest BCUT2D eigenvalue weighted by Crippen LogP contribution is 2.55. The highest BCUT2D eigenvalue weighted by molar-refractivity contribution is 7.12. The Morgan fingerprint density at radius 2 is 1.77 bits per heavy atom. The van der Waals surface area contributed by atoms with Crippen LogP contribution in [0, 0.1) is 28.1 Å². The average molecular weight is 442 g/mol. The second-order valence-corrected chi connectivity index (χ2v) is 9.06. The number of nitriles is 2. The molecular weight excluding hydrogens is 426 g/mol. The Balaban J connectivity index is 1.79. The van der Waals surface area contributed by atoms with Crippen LogP contribution < -0.4 is 4.90 Å². The third kappa shape index (κ3) is 2.82. The summed E-state index contributed by atoms with van der Waals surface area (Å²) in [5.74, 6) is -0.729. The van der Waals surface area contributed by atoms with Gasteiger partial charge in [-0.3, -0.25) is 4.79 Å². The molecule has 0 unspecified atom stereocenters. The van der Waals surface area contributed by atoms with Gasteiger partial charge >= 0.3 is 0 Å². The number of carbonyl (C=O) groups is 1. The molecule has 2 aliphatic rings. The summed E-state index contributed by atoms with van der Waals surface area (Å²) in [4.78, 5) is 16.4. The lowest BCUT2D eigenvalue weighted by atomic mass is 9.69. The molecule has 0 spiro atoms. The van der Waals surface area contributed by atoms with Gasteiger partial charge < -0.3 is 4.90 Å². The molecule has 6 heteroatoms. The molecule has 0 bridgehead atoms. The van der Waals surface area contributed by atoms with Crippen LogP contribution in [0.2, 0.25) is 5.02 Å². The molecule has 0 radical (unpaired) electrons. The van der Waals surface area contributed by atoms with Crippen LogP contribution in [0.5, 0.6) is 0 Å². The van der Waals surface area contributed by atoms with Crippen molar-refractivity contribution in [3.63, 3.8) is 0 Å². The second kappa shape index (κ2) is 7.39. The van der Waals surface area contributed by atoms with E-state index in [4.69, 9.17) is 11.6 Å². The Bertz CT molecular complexity index is 1250. The minimum Gasteiger partial charge on any atom is -0.351 e. The van der Waals surface area contributed by atoms with E-state index in [-0.39, 0.29) is 5.78 Å². The molecule has 4 nitrogen and oxygen atoms in total. The van der Waals surface area contributed by atoms with Gasteiger partial charge in [0.1, 0.15) is 6.04 Å². The fourth-order valence-corrected chi connectivity index (χ4v) is 5.67. The molecular formula is C25H16ClN3OS. The number of benzene rings is 2. The van der Waals surface area contributed by atoms with Gasteiger partial charge in [-0.1, -0.05) is 60.2 Å². The van der Waals surface area contributed by atoms with Crippen molar-refractivity contribution in [1.29, 1.82) is 10.5 Å². The number of hydrogen-bond acceptors (Lipinski definition) is 5. The minimum absolute atomic E-state index is 0.0857. The highest BCUT2D eigenvalue weighted by Gasteiger charge is 2.63. The van der Waals surface area contributed by atoms with Gasteiger partial charge in [0.2, 0.25) is 0 Å². The zero-order valence-electron chi connectivity index (χ0n) is 16.3. The molecule has 3 aromatic rings. The SMILES string of the molecule is N#CC1(C#N)[C@H](c2ccc(Cl)cc2)[C@@H](C(=O)c2cccs2)N2c3ccccc3C=C[C@H]21. The van der Waals surface area contributed by atoms with Gasteiger partial charge in [0, 0.05) is 16.6 Å². The summed E-state index contributed by atoms with van der Waals surface area (Å²) >= 11 is 7.48. The standard InChI is InChI=1S/C25H16ClN3OS/c26-18-10-7-17(8-11-18)22-23(24(30)20-6-3-13-31-20)29-19-5-2-1-4-16(19)9-12-21(29)25(22,14-27)15-28/h1-13,21-23H/t21-,22+,23-/m0/s1. The first-order chi connectivity index (χ1) is 15.1. The van der Waals surface area contributed by atoms with Crippen LogP contribution in [-0.4, -0.2) is 17.9 Å². The van der Waals surface area contributed by atoms with Crippen molar-refractivity contribution in [3.8, 4) is 12.1 Å². The summed E-state index contributed by atoms with van der Waals surface area (Å²) < 4.78 is 0. The lowest BCUT2D eigenvalue weighted by molar-refractivity contribution is 0.0955. The first kappa shape index (κ1) is 19.6. The Hall–Kier alpha value is -3.38. The lowest BCUT2D eigenvalue weighted by Gasteiger charge is -2.35. The fourth-order valence-electron chi connectivity index (χ4n) is 4.84. The minimum atomic E-state index is -1.44. The van der Waals surface area contributed by atoms with Crippen molar-refractivity contribution in [3.05, 3.63) is 93.1 Å². The first-order valence-corrected chi connectivity index (χ1v) is 11.1. The molecule has 0 saturated carbocycles. The van der Waals surface area contributed by atoms with E-state index in [2.05, 4.69) is 12.1 Å². The smallest absolute Gasteiger partial charge is 0.195 e. The number of hydrogen-bond donors (Lipinski definition) is 0. The molecule has 1 aromatic heterocycles. The largest absolute Gasteiger partial charge is 0.351 e. The van der Waals surface area contributed by atoms with Crippen LogP contribution in [0.4, 0.5) is 5.69 Å². The monoisotopic (exact) mass is 441 g/mol. The Labute approximate surface area is 189 Å². The van der Waals surface area contributed by atoms with E-state index in [0.29, 0.717) is 9.90 Å². The maximum absolute atomic E-state index is 13.8. The van der Waals surface area contributed by atoms with Gasteiger partial charge in [-0.25, -0.2) is 0 Å². The molecule has 31 heavy (non-hydrogen) atoms. The number of thiophene rings is 1. The summed E-state index contributed by atoms with van der Waals surface area (Å²) in [6.07, 6.45) is 3.83. The van der Waals surface area contributed by atoms with Gasteiger partial charge in [0.15, 0.2) is 11.2 Å². The number of halogens is 1. The molecule has 0 N–H and O–H groups in total. The molecule has 0 amide bonds. The van der Waals surface area contributed by atoms with E-state index in [1.807, 2.05) is 64.9 Å². The van der Waals surface area contributed by atoms with Crippen molar-refractivity contribution < 1.29 is 4.79 Å². The third-order valence-corrected chi connectivity index (χ3v) is 7.31. The van der Waals surface area contributed by atoms with Crippen molar-refractivity contribution in [2.45, 2.75) is 18.0 Å². The number of nitrogens with zero attached hydrogens (tertiary/aromatic N) is 3. The first-order valence-electron chi connectivity index (χ1n) is 9.82. The topological polar surface area (TPSA) is 67.9 Å². The quantitative estimate of drug-likeness (QED) is 0.490. The summed E-state index contributed by atoms with van der Waals surface area (Å²) in [6, 6.07) is 21.9. The molecule has 2 aliphatic heterocycles. The molecule has 0 aliphatic carbocycles. The Morgan fingerprint density at radius 1 is 1.03 bits per heavy atom. The van der Waals surface area contributed by atoms with Gasteiger partial charge in [-0.05, 0) is 40.8 Å². The van der Waals surface area contributed by atoms with Crippen LogP contribution >= 0.6 is 22.9 Å². The molecule has 3 atom stereocenters. The van der Waals surface area contributed by atoms with Crippen molar-refractivity contribution in [2.75, 3.05) is 4.90 Å². The Morgan fingerprint density at radius 3 is 2.45 bits per heavy atom. The molecule has 2 aromatic carbocycles. The fraction of sp³-hybridized carbons (Fsp3) is 0.160. The number of fused-ring (bicyclic) bond motifs is 3. The van der Waals surface area contributed by atoms with Crippen LogP contribution in [-0.2, 0) is 0 Å². The van der Waals surface area contributed by atoms with Gasteiger partial charge in [-0.15, -0.1) is 11.3 Å². The number of anilines is 1. The second-order valence-electron chi connectivity index (χ2n) is 7.68. The van der Waals surface area contributed by atoms with E-state index in [9.17, 15) is 15.3 Å². The van der Waals surface area contributed by atoms with Crippen molar-refractivity contribution in [1.82, 2.24) is 0 Å². The number of carbonyl (C=O) groups excluding carboxylic acids is 1. The van der Waals surface area contributed by atoms with Gasteiger partial charge in [-0.2, -0.15) is 10.5 Å². The molecule has 1 saturated heterocycles. The van der Waals surface area contributed by atoms with Gasteiger partial charge in [0.05, 0.1) is 23.1 Å². The van der Waals surface area contributed by atoms with Gasteiger partial charge in [0.25, 0.3) is 0 Å². The maximum Gasteiger partial charge on any atom is 0.195 e. The van der Waals surface area contributed by atoms with E-state index >= 15 is 0 Å². The van der Waals surface area contributed by atoms with E-state index in [1.165, 1.54) is 11.3 Å². The summed E-state index contributed by atoms with van der Waals surface area (Å²) in [7, 11) is 0. The number of para-hydroxylation sites is 1. The Kier molecular flexibility index (Phi) is 4.67. The normalized spacial score (nSPS) is 22.8. The van der Waals surface area contributed by atoms with Crippen molar-refractivity contribution >= 4 is 40.5 Å². The van der Waals surface area contributed by atoms with E-state index in [0.717, 1.165) is 16.8 Å². The average Bonchev–Trinajstić information content (AvgIpc) is 3.44. The summed E-state index contributed by atoms with van der Waals surface area (Å²) in [5.41, 5.74) is 1.14. The molecule has 150 valence electrons. The predicted octanol–water partition coefficient (Wildman–Crippen LogP) is 5.69. The zero-order chi connectivity index (χ0) is 21.6. The third-order valence-electron chi connectivity index (χ3n) is 6.18. The summed E-state index contributed by atoms with van der Waals surface area (Å²) in [5, 5.41) is 23.1. The van der Waals surface area contributed by atoms with E-state index < -0.39 is 23.4 Å². The van der Waals surface area contributed by atoms with Crippen LogP contribution in [0.3, 0.4) is 0 Å². The number of Topliss-reactive ketones (excluding diaryl/α,β-unsaturated/α-hetero) is 1. The molecule has 1 fully saturated rings.